The van der Waals surface area contributed by atoms with Crippen molar-refractivity contribution in [2.75, 3.05) is 0 Å². The van der Waals surface area contributed by atoms with E-state index >= 15 is 0 Å². The number of hydrogen-bond acceptors (Lipinski definition) is 5. The number of fused-ring (bicyclic) bond motifs is 4. The highest BCUT2D eigenvalue weighted by Gasteiger charge is 2.43. The van der Waals surface area contributed by atoms with Gasteiger partial charge in [0.25, 0.3) is 5.56 Å². The fraction of sp³-hybridized carbons (Fsp3) is 0.450. The monoisotopic (exact) mass is 370 g/mol. The maximum atomic E-state index is 13.0. The molecule has 27 heavy (non-hydrogen) atoms. The number of nitrogens with zero attached hydrogens (tertiary/aromatic N) is 2. The summed E-state index contributed by atoms with van der Waals surface area (Å²) >= 11 is 0. The molecule has 0 amide bonds. The summed E-state index contributed by atoms with van der Waals surface area (Å²) in [6.07, 6.45) is 7.73. The summed E-state index contributed by atoms with van der Waals surface area (Å²) in [6.45, 7) is 1.37. The van der Waals surface area contributed by atoms with E-state index in [9.17, 15) is 24.9 Å². The van der Waals surface area contributed by atoms with Crippen LogP contribution < -0.4 is 5.56 Å². The molecule has 2 aliphatic heterocycles. The van der Waals surface area contributed by atoms with Crippen LogP contribution in [-0.4, -0.2) is 31.6 Å². The molecule has 142 valence electrons. The van der Waals surface area contributed by atoms with Gasteiger partial charge in [-0.25, -0.2) is 4.79 Å². The highest BCUT2D eigenvalue weighted by molar-refractivity contribution is 6.04. The summed E-state index contributed by atoms with van der Waals surface area (Å²) in [7, 11) is 0. The predicted octanol–water partition coefficient (Wildman–Crippen LogP) is 1.31. The SMILES string of the molecule is CCC(O)(C(=O)O)c1cc2n(c(=O)c1CO)CC1CC3CC=CC=C3N=C21. The average Bonchev–Trinajstić information content (AvgIpc) is 3.03. The molecule has 3 N–H and O–H groups in total. The predicted molar refractivity (Wildman–Crippen MR) is 98.4 cm³/mol. The van der Waals surface area contributed by atoms with Gasteiger partial charge >= 0.3 is 5.97 Å². The Morgan fingerprint density at radius 1 is 1.41 bits per heavy atom. The molecule has 1 aliphatic carbocycles. The number of pyridine rings is 1. The molecular formula is C20H22N2O5. The fourth-order valence-electron chi connectivity index (χ4n) is 4.41. The van der Waals surface area contributed by atoms with Crippen LogP contribution in [0.3, 0.4) is 0 Å². The molecule has 3 heterocycles. The van der Waals surface area contributed by atoms with E-state index in [0.717, 1.165) is 24.3 Å². The van der Waals surface area contributed by atoms with Crippen LogP contribution in [0.1, 0.15) is 43.0 Å². The highest BCUT2D eigenvalue weighted by atomic mass is 16.4. The molecule has 4 rings (SSSR count). The maximum absolute atomic E-state index is 13.0. The Kier molecular flexibility index (Phi) is 4.16. The van der Waals surface area contributed by atoms with Crippen molar-refractivity contribution < 1.29 is 20.1 Å². The van der Waals surface area contributed by atoms with Gasteiger partial charge in [0.2, 0.25) is 0 Å². The maximum Gasteiger partial charge on any atom is 0.340 e. The van der Waals surface area contributed by atoms with Gasteiger partial charge in [0, 0.05) is 35.2 Å². The third-order valence-corrected chi connectivity index (χ3v) is 5.98. The molecule has 0 radical (unpaired) electrons. The second kappa shape index (κ2) is 6.28. The lowest BCUT2D eigenvalue weighted by Gasteiger charge is -2.27. The van der Waals surface area contributed by atoms with Crippen molar-refractivity contribution in [3.63, 3.8) is 0 Å². The van der Waals surface area contributed by atoms with Crippen molar-refractivity contribution >= 4 is 11.7 Å². The van der Waals surface area contributed by atoms with Crippen LogP contribution in [0, 0.1) is 11.8 Å². The first-order valence-electron chi connectivity index (χ1n) is 9.20. The van der Waals surface area contributed by atoms with Gasteiger partial charge in [-0.05, 0) is 31.4 Å². The van der Waals surface area contributed by atoms with Gasteiger partial charge in [-0.1, -0.05) is 19.1 Å². The summed E-state index contributed by atoms with van der Waals surface area (Å²) < 4.78 is 1.56. The molecular weight excluding hydrogens is 348 g/mol. The van der Waals surface area contributed by atoms with Crippen LogP contribution in [-0.2, 0) is 23.5 Å². The molecule has 0 fully saturated rings. The molecule has 0 bridgehead atoms. The van der Waals surface area contributed by atoms with Crippen LogP contribution in [0.4, 0.5) is 0 Å². The number of aliphatic imine (C=N–C) groups is 1. The van der Waals surface area contributed by atoms with E-state index in [2.05, 4.69) is 6.08 Å². The van der Waals surface area contributed by atoms with E-state index in [1.54, 1.807) is 4.57 Å². The molecule has 3 aliphatic rings. The van der Waals surface area contributed by atoms with Crippen molar-refractivity contribution in [3.05, 3.63) is 57.2 Å². The van der Waals surface area contributed by atoms with Gasteiger partial charge in [-0.3, -0.25) is 9.79 Å². The number of aliphatic hydroxyl groups is 2. The first-order valence-corrected chi connectivity index (χ1v) is 9.20. The van der Waals surface area contributed by atoms with Crippen molar-refractivity contribution in [3.8, 4) is 0 Å². The molecule has 7 heteroatoms. The first kappa shape index (κ1) is 17.9. The van der Waals surface area contributed by atoms with Crippen LogP contribution >= 0.6 is 0 Å². The van der Waals surface area contributed by atoms with Crippen LogP contribution in [0.5, 0.6) is 0 Å². The summed E-state index contributed by atoms with van der Waals surface area (Å²) in [5.41, 5.74) is -0.511. The molecule has 0 saturated heterocycles. The summed E-state index contributed by atoms with van der Waals surface area (Å²) in [4.78, 5) is 29.5. The van der Waals surface area contributed by atoms with E-state index in [1.165, 1.54) is 13.0 Å². The smallest absolute Gasteiger partial charge is 0.340 e. The van der Waals surface area contributed by atoms with Crippen molar-refractivity contribution in [1.82, 2.24) is 4.57 Å². The lowest BCUT2D eigenvalue weighted by atomic mass is 9.82. The van der Waals surface area contributed by atoms with Gasteiger partial charge in [0.1, 0.15) is 0 Å². The number of allylic oxidation sites excluding steroid dienone is 4. The topological polar surface area (TPSA) is 112 Å². The van der Waals surface area contributed by atoms with Gasteiger partial charge in [0.15, 0.2) is 5.60 Å². The largest absolute Gasteiger partial charge is 0.479 e. The molecule has 1 aromatic rings. The van der Waals surface area contributed by atoms with Gasteiger partial charge in [0.05, 0.1) is 18.0 Å². The van der Waals surface area contributed by atoms with E-state index in [0.29, 0.717) is 18.2 Å². The Labute approximate surface area is 156 Å². The van der Waals surface area contributed by atoms with Crippen molar-refractivity contribution in [1.29, 1.82) is 0 Å². The summed E-state index contributed by atoms with van der Waals surface area (Å²) in [5.74, 6) is -1.03. The number of carboxylic acids is 1. The Morgan fingerprint density at radius 3 is 2.85 bits per heavy atom. The fourth-order valence-corrected chi connectivity index (χ4v) is 4.41. The normalized spacial score (nSPS) is 25.0. The standard InChI is InChI=1S/C20H22N2O5/c1-2-20(27,19(25)26)14-8-16-17-12(9-22(16)18(24)13(14)10-23)7-11-5-3-4-6-15(11)21-17/h3-4,6,8,11-12,23,27H,2,5,7,9-10H2,1H3,(H,25,26). The number of rotatable bonds is 4. The minimum Gasteiger partial charge on any atom is -0.479 e. The quantitative estimate of drug-likeness (QED) is 0.740. The zero-order valence-corrected chi connectivity index (χ0v) is 15.1. The minimum atomic E-state index is -2.23. The molecule has 0 saturated carbocycles. The Morgan fingerprint density at radius 2 is 2.19 bits per heavy atom. The Bertz CT molecular complexity index is 971. The van der Waals surface area contributed by atoms with Crippen LogP contribution in [0.15, 0.2) is 39.8 Å². The lowest BCUT2D eigenvalue weighted by molar-refractivity contribution is -0.160. The number of carbonyl (C=O) groups is 1. The molecule has 0 spiro atoms. The summed E-state index contributed by atoms with van der Waals surface area (Å²) in [5, 5.41) is 30.0. The second-order valence-electron chi connectivity index (χ2n) is 7.40. The number of hydrogen-bond donors (Lipinski definition) is 3. The van der Waals surface area contributed by atoms with Gasteiger partial charge < -0.3 is 19.9 Å². The minimum absolute atomic E-state index is 0.0424. The van der Waals surface area contributed by atoms with Gasteiger partial charge in [-0.15, -0.1) is 0 Å². The van der Waals surface area contributed by atoms with E-state index in [-0.39, 0.29) is 23.5 Å². The molecule has 3 atom stereocenters. The first-order chi connectivity index (χ1) is 12.9. The van der Waals surface area contributed by atoms with Crippen molar-refractivity contribution in [2.24, 2.45) is 16.8 Å². The molecule has 0 aromatic carbocycles. The van der Waals surface area contributed by atoms with E-state index in [4.69, 9.17) is 4.99 Å². The number of aromatic nitrogens is 1. The second-order valence-corrected chi connectivity index (χ2v) is 7.40. The Hall–Kier alpha value is -2.51. The number of aliphatic carboxylic acids is 1. The van der Waals surface area contributed by atoms with Crippen molar-refractivity contribution in [2.45, 2.75) is 44.9 Å². The van der Waals surface area contributed by atoms with E-state index in [1.807, 2.05) is 12.2 Å². The van der Waals surface area contributed by atoms with Crippen LogP contribution in [0.25, 0.3) is 0 Å². The average molecular weight is 370 g/mol. The zero-order valence-electron chi connectivity index (χ0n) is 15.1. The van der Waals surface area contributed by atoms with Gasteiger partial charge in [-0.2, -0.15) is 0 Å². The Balaban J connectivity index is 1.93. The number of aliphatic hydroxyl groups excluding tert-OH is 1. The third kappa shape index (κ3) is 2.53. The van der Waals surface area contributed by atoms with Crippen LogP contribution in [0.2, 0.25) is 0 Å². The summed E-state index contributed by atoms with van der Waals surface area (Å²) in [6, 6.07) is 1.53. The molecule has 3 unspecified atom stereocenters. The lowest BCUT2D eigenvalue weighted by Crippen LogP contribution is -2.39. The number of carboxylic acid groups (broad SMARTS) is 1. The molecule has 1 aromatic heterocycles. The molecule has 7 nitrogen and oxygen atoms in total. The van der Waals surface area contributed by atoms with E-state index < -0.39 is 23.7 Å². The zero-order chi connectivity index (χ0) is 19.3. The third-order valence-electron chi connectivity index (χ3n) is 5.98. The highest BCUT2D eigenvalue weighted by Crippen LogP contribution is 2.39.